The molecule has 1 N–H and O–H groups in total. The third-order valence-electron chi connectivity index (χ3n) is 4.23. The number of nitrogens with zero attached hydrogens (tertiary/aromatic N) is 2. The maximum absolute atomic E-state index is 12.7. The van der Waals surface area contributed by atoms with E-state index in [1.807, 2.05) is 0 Å². The molecule has 1 aromatic carbocycles. The zero-order valence-corrected chi connectivity index (χ0v) is 14.8. The molecule has 1 heterocycles. The molecule has 1 saturated heterocycles. The van der Waals surface area contributed by atoms with Gasteiger partial charge in [-0.3, -0.25) is 9.69 Å². The molecule has 6 nitrogen and oxygen atoms in total. The first-order valence-corrected chi connectivity index (χ1v) is 8.22. The summed E-state index contributed by atoms with van der Waals surface area (Å²) in [5, 5.41) is 9.54. The maximum atomic E-state index is 12.7. The Kier molecular flexibility index (Phi) is 6.71. The van der Waals surface area contributed by atoms with Crippen LogP contribution in [0.3, 0.4) is 0 Å². The van der Waals surface area contributed by atoms with E-state index in [9.17, 15) is 23.1 Å². The van der Waals surface area contributed by atoms with Gasteiger partial charge in [0, 0.05) is 38.8 Å². The van der Waals surface area contributed by atoms with Crippen molar-refractivity contribution < 1.29 is 32.5 Å². The van der Waals surface area contributed by atoms with Crippen LogP contribution in [0.4, 0.5) is 13.2 Å². The van der Waals surface area contributed by atoms with E-state index in [1.165, 1.54) is 14.2 Å². The molecule has 1 aliphatic rings. The molecular weight excluding hydrogens is 353 g/mol. The van der Waals surface area contributed by atoms with Crippen LogP contribution >= 0.6 is 0 Å². The number of carbonyl (C=O) groups excluding carboxylic acids is 1. The third kappa shape index (κ3) is 5.50. The molecule has 0 saturated carbocycles. The number of halogens is 3. The Morgan fingerprint density at radius 2 is 1.85 bits per heavy atom. The Labute approximate surface area is 150 Å². The summed E-state index contributed by atoms with van der Waals surface area (Å²) in [6.45, 7) is 1.48. The smallest absolute Gasteiger partial charge is 0.391 e. The molecule has 2 rings (SSSR count). The van der Waals surface area contributed by atoms with Gasteiger partial charge in [-0.2, -0.15) is 13.2 Å². The van der Waals surface area contributed by atoms with Crippen LogP contribution in [0.2, 0.25) is 0 Å². The molecule has 26 heavy (non-hydrogen) atoms. The van der Waals surface area contributed by atoms with Gasteiger partial charge in [0.05, 0.1) is 32.3 Å². The number of aliphatic hydroxyl groups excluding tert-OH is 1. The molecule has 1 aliphatic heterocycles. The standard InChI is InChI=1S/C17H23F3N2O4/c1-25-13-3-4-14(15(9-13)26-2)16(24)22-7-5-21(6-8-22)11-12(23)10-17(18,19)20/h3-4,9,12,23H,5-8,10-11H2,1-2H3/t12-/m0/s1. The third-order valence-corrected chi connectivity index (χ3v) is 4.23. The highest BCUT2D eigenvalue weighted by Crippen LogP contribution is 2.26. The first-order chi connectivity index (χ1) is 12.2. The largest absolute Gasteiger partial charge is 0.497 e. The van der Waals surface area contributed by atoms with E-state index in [-0.39, 0.29) is 12.5 Å². The van der Waals surface area contributed by atoms with Gasteiger partial charge in [0.1, 0.15) is 11.5 Å². The number of ether oxygens (including phenoxy) is 2. The Hall–Kier alpha value is -2.00. The molecule has 146 valence electrons. The van der Waals surface area contributed by atoms with Crippen molar-refractivity contribution >= 4 is 5.91 Å². The Bertz CT molecular complexity index is 617. The van der Waals surface area contributed by atoms with Crippen LogP contribution < -0.4 is 9.47 Å². The minimum atomic E-state index is -4.39. The lowest BCUT2D eigenvalue weighted by Gasteiger charge is -2.36. The Morgan fingerprint density at radius 1 is 1.19 bits per heavy atom. The van der Waals surface area contributed by atoms with Crippen LogP contribution in [-0.4, -0.2) is 80.0 Å². The average Bonchev–Trinajstić information content (AvgIpc) is 2.59. The van der Waals surface area contributed by atoms with Crippen LogP contribution in [0.15, 0.2) is 18.2 Å². The van der Waals surface area contributed by atoms with Crippen molar-refractivity contribution in [3.63, 3.8) is 0 Å². The van der Waals surface area contributed by atoms with Crippen molar-refractivity contribution in [3.05, 3.63) is 23.8 Å². The number of hydrogen-bond donors (Lipinski definition) is 1. The van der Waals surface area contributed by atoms with Gasteiger partial charge in [-0.25, -0.2) is 0 Å². The van der Waals surface area contributed by atoms with Crippen LogP contribution in [0, 0.1) is 0 Å². The highest BCUT2D eigenvalue weighted by atomic mass is 19.4. The normalized spacial score (nSPS) is 17.1. The summed E-state index contributed by atoms with van der Waals surface area (Å²) in [5.74, 6) is 0.763. The average molecular weight is 376 g/mol. The van der Waals surface area contributed by atoms with Crippen molar-refractivity contribution in [1.82, 2.24) is 9.80 Å². The quantitative estimate of drug-likeness (QED) is 0.820. The molecule has 1 amide bonds. The lowest BCUT2D eigenvalue weighted by Crippen LogP contribution is -2.50. The summed E-state index contributed by atoms with van der Waals surface area (Å²) >= 11 is 0. The first kappa shape index (κ1) is 20.3. The number of piperazine rings is 1. The predicted octanol–water partition coefficient (Wildman–Crippen LogP) is 1.77. The minimum Gasteiger partial charge on any atom is -0.497 e. The van der Waals surface area contributed by atoms with Gasteiger partial charge in [-0.15, -0.1) is 0 Å². The highest BCUT2D eigenvalue weighted by Gasteiger charge is 2.32. The number of rotatable bonds is 6. The predicted molar refractivity (Wildman–Crippen MR) is 88.6 cm³/mol. The first-order valence-electron chi connectivity index (χ1n) is 8.22. The summed E-state index contributed by atoms with van der Waals surface area (Å²) < 4.78 is 47.2. The topological polar surface area (TPSA) is 62.2 Å². The number of aliphatic hydroxyl groups is 1. The van der Waals surface area contributed by atoms with Crippen molar-refractivity contribution in [1.29, 1.82) is 0 Å². The molecule has 1 atom stereocenters. The van der Waals surface area contributed by atoms with Crippen molar-refractivity contribution in [2.24, 2.45) is 0 Å². The SMILES string of the molecule is COc1ccc(C(=O)N2CCN(C[C@@H](O)CC(F)(F)F)CC2)c(OC)c1. The minimum absolute atomic E-state index is 0.0621. The summed E-state index contributed by atoms with van der Waals surface area (Å²) in [7, 11) is 2.98. The van der Waals surface area contributed by atoms with Crippen LogP contribution in [0.25, 0.3) is 0 Å². The van der Waals surface area contributed by atoms with Gasteiger partial charge >= 0.3 is 6.18 Å². The van der Waals surface area contributed by atoms with Crippen molar-refractivity contribution in [3.8, 4) is 11.5 Å². The molecule has 0 radical (unpaired) electrons. The number of β-amino-alcohol motifs (C(OH)–C–C–N with tert-alkyl or cyclic N) is 1. The van der Waals surface area contributed by atoms with E-state index in [0.29, 0.717) is 43.2 Å². The monoisotopic (exact) mass is 376 g/mol. The van der Waals surface area contributed by atoms with Gasteiger partial charge < -0.3 is 19.5 Å². The van der Waals surface area contributed by atoms with E-state index in [2.05, 4.69) is 0 Å². The number of methoxy groups -OCH3 is 2. The lowest BCUT2D eigenvalue weighted by molar-refractivity contribution is -0.155. The van der Waals surface area contributed by atoms with Crippen LogP contribution in [-0.2, 0) is 0 Å². The number of amides is 1. The molecule has 0 bridgehead atoms. The fourth-order valence-electron chi connectivity index (χ4n) is 2.91. The molecule has 0 spiro atoms. The molecule has 0 aromatic heterocycles. The van der Waals surface area contributed by atoms with Gasteiger partial charge in [0.2, 0.25) is 0 Å². The maximum Gasteiger partial charge on any atom is 0.391 e. The van der Waals surface area contributed by atoms with E-state index in [1.54, 1.807) is 28.0 Å². The van der Waals surface area contributed by atoms with Gasteiger partial charge in [-0.1, -0.05) is 0 Å². The van der Waals surface area contributed by atoms with Gasteiger partial charge in [0.25, 0.3) is 5.91 Å². The second-order valence-electron chi connectivity index (χ2n) is 6.13. The summed E-state index contributed by atoms with van der Waals surface area (Å²) in [5.41, 5.74) is 0.402. The zero-order valence-electron chi connectivity index (χ0n) is 14.8. The Balaban J connectivity index is 1.92. The van der Waals surface area contributed by atoms with Gasteiger partial charge in [-0.05, 0) is 12.1 Å². The molecule has 1 aromatic rings. The molecule has 9 heteroatoms. The van der Waals surface area contributed by atoms with E-state index in [4.69, 9.17) is 9.47 Å². The molecule has 0 unspecified atom stereocenters. The summed E-state index contributed by atoms with van der Waals surface area (Å²) in [6, 6.07) is 4.91. The van der Waals surface area contributed by atoms with E-state index < -0.39 is 18.7 Å². The van der Waals surface area contributed by atoms with Gasteiger partial charge in [0.15, 0.2) is 0 Å². The fraction of sp³-hybridized carbons (Fsp3) is 0.588. The van der Waals surface area contributed by atoms with Crippen molar-refractivity contribution in [2.75, 3.05) is 46.9 Å². The number of benzene rings is 1. The summed E-state index contributed by atoms with van der Waals surface area (Å²) in [6.07, 6.45) is -7.07. The lowest BCUT2D eigenvalue weighted by atomic mass is 10.1. The number of alkyl halides is 3. The number of carbonyl (C=O) groups is 1. The molecular formula is C17H23F3N2O4. The fourth-order valence-corrected chi connectivity index (χ4v) is 2.91. The van der Waals surface area contributed by atoms with Crippen molar-refractivity contribution in [2.45, 2.75) is 18.7 Å². The zero-order chi connectivity index (χ0) is 19.3. The second kappa shape index (κ2) is 8.59. The highest BCUT2D eigenvalue weighted by molar-refractivity contribution is 5.97. The summed E-state index contributed by atoms with van der Waals surface area (Å²) in [4.78, 5) is 16.0. The Morgan fingerprint density at radius 3 is 2.38 bits per heavy atom. The van der Waals surface area contributed by atoms with E-state index >= 15 is 0 Å². The van der Waals surface area contributed by atoms with Crippen LogP contribution in [0.5, 0.6) is 11.5 Å². The number of hydrogen-bond acceptors (Lipinski definition) is 5. The second-order valence-corrected chi connectivity index (χ2v) is 6.13. The van der Waals surface area contributed by atoms with Crippen LogP contribution in [0.1, 0.15) is 16.8 Å². The molecule has 0 aliphatic carbocycles. The molecule has 1 fully saturated rings. The van der Waals surface area contributed by atoms with E-state index in [0.717, 1.165) is 0 Å².